The van der Waals surface area contributed by atoms with Gasteiger partial charge >= 0.3 is 94.8 Å². The molecule has 11 heteroatoms. The minimum atomic E-state index is -2.05. The van der Waals surface area contributed by atoms with Crippen molar-refractivity contribution in [3.8, 4) is 0 Å². The van der Waals surface area contributed by atoms with Crippen LogP contribution in [0.3, 0.4) is 0 Å². The van der Waals surface area contributed by atoms with Gasteiger partial charge in [0.25, 0.3) is 0 Å². The van der Waals surface area contributed by atoms with Crippen molar-refractivity contribution < 1.29 is 130 Å². The van der Waals surface area contributed by atoms with Crippen LogP contribution in [0.1, 0.15) is 1.43 Å². The van der Waals surface area contributed by atoms with Crippen molar-refractivity contribution >= 4 is 12.3 Å². The first-order valence-corrected chi connectivity index (χ1v) is 1.59. The molecule has 0 radical (unpaired) electrons. The number of carbonyl (C=O) groups excluding carboxylic acids is 1. The Hall–Kier alpha value is 1.46. The van der Waals surface area contributed by atoms with Crippen molar-refractivity contribution in [2.75, 3.05) is 0 Å². The van der Waals surface area contributed by atoms with Crippen molar-refractivity contribution in [3.63, 3.8) is 0 Å². The van der Waals surface area contributed by atoms with Crippen LogP contribution >= 0.6 is 0 Å². The molecular weight excluding hydrogens is 221 g/mol. The van der Waals surface area contributed by atoms with Gasteiger partial charge in [0.05, 0.1) is 0 Å². The van der Waals surface area contributed by atoms with Crippen LogP contribution < -0.4 is 99.0 Å². The average molecular weight is 224 g/mol. The van der Waals surface area contributed by atoms with Gasteiger partial charge in [-0.15, -0.1) is 0 Å². The Morgan fingerprint density at radius 2 is 1.38 bits per heavy atom. The van der Waals surface area contributed by atoms with E-state index < -0.39 is 12.3 Å². The third-order valence-corrected chi connectivity index (χ3v) is 0.146. The first kappa shape index (κ1) is 29.3. The molecule has 0 fully saturated rings. The largest absolute Gasteiger partial charge is 1.00 e. The molecule has 0 unspecified atom stereocenters. The standard InChI is InChI=1S/2CH2O4.3Na.H/c2*2-1(3)5-4;;;;/h2*4H,(H,2,3);;;;/q;;3*+1;-1/p-2. The minimum absolute atomic E-state index is 0. The molecule has 0 aliphatic rings. The molecule has 0 aromatic rings. The van der Waals surface area contributed by atoms with Crippen LogP contribution in [0.5, 0.6) is 0 Å². The van der Waals surface area contributed by atoms with Gasteiger partial charge in [-0.1, -0.05) is 0 Å². The van der Waals surface area contributed by atoms with Crippen LogP contribution in [0, 0.1) is 0 Å². The van der Waals surface area contributed by atoms with Crippen molar-refractivity contribution in [1.29, 1.82) is 0 Å². The number of carboxylic acid groups (broad SMARTS) is 2. The smallest absolute Gasteiger partial charge is 1.00 e. The van der Waals surface area contributed by atoms with Gasteiger partial charge in [0.1, 0.15) is 0 Å². The minimum Gasteiger partial charge on any atom is -1.00 e. The van der Waals surface area contributed by atoms with E-state index in [1.807, 2.05) is 0 Å². The normalized spacial score (nSPS) is 5.08. The zero-order valence-electron chi connectivity index (χ0n) is 8.34. The summed E-state index contributed by atoms with van der Waals surface area (Å²) in [6, 6.07) is 0. The van der Waals surface area contributed by atoms with E-state index in [4.69, 9.17) is 30.3 Å². The Bertz CT molecular complexity index is 107. The van der Waals surface area contributed by atoms with Gasteiger partial charge in [0.2, 0.25) is 6.16 Å². The van der Waals surface area contributed by atoms with E-state index >= 15 is 0 Å². The molecule has 0 amide bonds. The number of rotatable bonds is 0. The average Bonchev–Trinajstić information content (AvgIpc) is 1.89. The van der Waals surface area contributed by atoms with E-state index in [2.05, 4.69) is 9.78 Å². The molecule has 2 N–H and O–H groups in total. The molecule has 0 saturated heterocycles. The van der Waals surface area contributed by atoms with Crippen molar-refractivity contribution in [3.05, 3.63) is 0 Å². The Labute approximate surface area is 140 Å². The van der Waals surface area contributed by atoms with Gasteiger partial charge in [-0.2, -0.15) is 5.26 Å². The molecule has 0 aromatic carbocycles. The predicted molar refractivity (Wildman–Crippen MR) is 19.3 cm³/mol. The second-order valence-electron chi connectivity index (χ2n) is 0.691. The van der Waals surface area contributed by atoms with E-state index in [0.717, 1.165) is 0 Å². The van der Waals surface area contributed by atoms with Crippen molar-refractivity contribution in [1.82, 2.24) is 0 Å². The molecule has 62 valence electrons. The van der Waals surface area contributed by atoms with Crippen LogP contribution in [-0.4, -0.2) is 22.7 Å². The Morgan fingerprint density at radius 1 is 1.23 bits per heavy atom. The van der Waals surface area contributed by atoms with E-state index in [-0.39, 0.29) is 90.1 Å². The van der Waals surface area contributed by atoms with E-state index in [1.165, 1.54) is 0 Å². The summed E-state index contributed by atoms with van der Waals surface area (Å²) >= 11 is 0. The molecule has 0 spiro atoms. The second kappa shape index (κ2) is 23.4. The van der Waals surface area contributed by atoms with Gasteiger partial charge in [0, 0.05) is 0 Å². The summed E-state index contributed by atoms with van der Waals surface area (Å²) in [5.41, 5.74) is 0. The van der Waals surface area contributed by atoms with Crippen LogP contribution in [0.25, 0.3) is 0 Å². The molecule has 0 atom stereocenters. The van der Waals surface area contributed by atoms with Crippen LogP contribution in [0.4, 0.5) is 9.59 Å². The maximum absolute atomic E-state index is 8.90. The van der Waals surface area contributed by atoms with Gasteiger partial charge in [-0.25, -0.2) is 4.79 Å². The fourth-order valence-corrected chi connectivity index (χ4v) is 0. The summed E-state index contributed by atoms with van der Waals surface area (Å²) in [6.45, 7) is 0. The second-order valence-corrected chi connectivity index (χ2v) is 0.691. The van der Waals surface area contributed by atoms with Gasteiger partial charge in [0.15, 0.2) is 0 Å². The molecule has 0 bridgehead atoms. The third-order valence-electron chi connectivity index (χ3n) is 0.146. The fourth-order valence-electron chi connectivity index (χ4n) is 0. The first-order chi connectivity index (χ1) is 4.54. The summed E-state index contributed by atoms with van der Waals surface area (Å²) in [5, 5.41) is 31.5. The third kappa shape index (κ3) is 59.3. The number of hydrogen-bond acceptors (Lipinski definition) is 7. The van der Waals surface area contributed by atoms with E-state index in [9.17, 15) is 0 Å². The van der Waals surface area contributed by atoms with E-state index in [1.54, 1.807) is 0 Å². The quantitative estimate of drug-likeness (QED) is 0.235. The summed E-state index contributed by atoms with van der Waals surface area (Å²) in [4.78, 5) is 22.6. The summed E-state index contributed by atoms with van der Waals surface area (Å²) in [7, 11) is 0. The molecular formula is C2H3Na3O8. The summed E-state index contributed by atoms with van der Waals surface area (Å²) < 4.78 is 0. The van der Waals surface area contributed by atoms with Gasteiger partial charge in [-0.3, -0.25) is 4.89 Å². The van der Waals surface area contributed by atoms with Crippen molar-refractivity contribution in [2.45, 2.75) is 0 Å². The Morgan fingerprint density at radius 3 is 1.38 bits per heavy atom. The number of carbonyl (C=O) groups is 2. The Kier molecular flexibility index (Phi) is 52.6. The van der Waals surface area contributed by atoms with E-state index in [0.29, 0.717) is 0 Å². The zero-order chi connectivity index (χ0) is 8.57. The molecule has 0 aliphatic heterocycles. The zero-order valence-corrected chi connectivity index (χ0v) is 13.3. The molecule has 0 saturated carbocycles. The Balaban J connectivity index is -0.0000000178. The summed E-state index contributed by atoms with van der Waals surface area (Å²) in [5.74, 6) is 0. The molecule has 13 heavy (non-hydrogen) atoms. The van der Waals surface area contributed by atoms with Crippen molar-refractivity contribution in [2.24, 2.45) is 0 Å². The maximum atomic E-state index is 8.90. The maximum Gasteiger partial charge on any atom is 1.00 e. The fraction of sp³-hybridized carbons (Fsp3) is 0. The van der Waals surface area contributed by atoms with Crippen LogP contribution in [0.2, 0.25) is 0 Å². The summed E-state index contributed by atoms with van der Waals surface area (Å²) in [6.07, 6.45) is -3.74. The van der Waals surface area contributed by atoms with Crippen LogP contribution in [-0.2, 0) is 9.78 Å². The predicted octanol–water partition coefficient (Wildman–Crippen LogP) is -11.1. The molecule has 0 rings (SSSR count). The number of hydrogen-bond donors (Lipinski definition) is 2. The van der Waals surface area contributed by atoms with Gasteiger partial charge < -0.3 is 26.6 Å². The topological polar surface area (TPSA) is 139 Å². The van der Waals surface area contributed by atoms with Gasteiger partial charge in [-0.05, 0) is 0 Å². The first-order valence-electron chi connectivity index (χ1n) is 1.59. The SMILES string of the molecule is O=C(O)OO.O=C([O-])O[O-].[H-].[Na+].[Na+].[Na+]. The molecule has 0 aliphatic carbocycles. The van der Waals surface area contributed by atoms with Crippen LogP contribution in [0.15, 0.2) is 0 Å². The molecule has 0 aromatic heterocycles. The molecule has 8 nitrogen and oxygen atoms in total. The monoisotopic (exact) mass is 224 g/mol. The molecule has 0 heterocycles.